The van der Waals surface area contributed by atoms with Crippen molar-refractivity contribution in [1.29, 1.82) is 0 Å². The fourth-order valence-corrected chi connectivity index (χ4v) is 3.10. The molecule has 164 valence electrons. The third kappa shape index (κ3) is 18.4. The average Bonchev–Trinajstić information content (AvgIpc) is 2.60. The van der Waals surface area contributed by atoms with Gasteiger partial charge in [-0.2, -0.15) is 0 Å². The summed E-state index contributed by atoms with van der Waals surface area (Å²) in [7, 11) is 0. The summed E-state index contributed by atoms with van der Waals surface area (Å²) >= 11 is 0. The molecule has 0 rings (SSSR count). The normalized spacial score (nSPS) is 11.6. The Morgan fingerprint density at radius 1 is 0.741 bits per heavy atom. The fraction of sp³-hybridized carbons (Fsp3) is 0.957. The van der Waals surface area contributed by atoms with E-state index in [-0.39, 0.29) is 11.7 Å². The van der Waals surface area contributed by atoms with Gasteiger partial charge in [0.2, 0.25) is 0 Å². The van der Waals surface area contributed by atoms with E-state index in [9.17, 15) is 4.79 Å². The van der Waals surface area contributed by atoms with Crippen molar-refractivity contribution in [1.82, 2.24) is 5.32 Å². The molecule has 1 amide bonds. The summed E-state index contributed by atoms with van der Waals surface area (Å²) in [5.74, 6) is 0. The number of carbonyl (C=O) groups excluding carboxylic acids is 1. The van der Waals surface area contributed by atoms with Crippen LogP contribution in [0.3, 0.4) is 0 Å². The van der Waals surface area contributed by atoms with Crippen LogP contribution in [0.15, 0.2) is 0 Å². The van der Waals surface area contributed by atoms with Crippen LogP contribution in [0, 0.1) is 0 Å². The van der Waals surface area contributed by atoms with E-state index in [2.05, 4.69) is 33.0 Å². The van der Waals surface area contributed by atoms with Crippen molar-refractivity contribution in [2.24, 2.45) is 0 Å². The molecule has 0 atom stereocenters. The molecular formula is C23H51N2O2+. The molecule has 0 aromatic heterocycles. The molecule has 0 aliphatic carbocycles. The molecule has 0 spiro atoms. The molecule has 0 saturated carbocycles. The third-order valence-corrected chi connectivity index (χ3v) is 4.66. The van der Waals surface area contributed by atoms with Gasteiger partial charge in [-0.25, -0.2) is 4.79 Å². The van der Waals surface area contributed by atoms with Gasteiger partial charge in [0, 0.05) is 6.54 Å². The molecule has 1 N–H and O–H groups in total. The highest BCUT2D eigenvalue weighted by Crippen LogP contribution is 2.16. The van der Waals surface area contributed by atoms with Gasteiger partial charge < -0.3 is 14.5 Å². The predicted molar refractivity (Wildman–Crippen MR) is 119 cm³/mol. The summed E-state index contributed by atoms with van der Waals surface area (Å²) in [5.41, 5.74) is -0.390. The van der Waals surface area contributed by atoms with Crippen LogP contribution in [-0.4, -0.2) is 48.9 Å². The molecule has 0 saturated heterocycles. The molecule has 0 radical (unpaired) electrons. The molecule has 0 bridgehead atoms. The first kappa shape index (κ1) is 28.4. The van der Waals surface area contributed by atoms with Crippen molar-refractivity contribution in [2.45, 2.75) is 112 Å². The highest BCUT2D eigenvalue weighted by Gasteiger charge is 2.24. The Hall–Kier alpha value is -0.770. The zero-order chi connectivity index (χ0) is 21.2. The summed E-state index contributed by atoms with van der Waals surface area (Å²) in [5, 5.41) is 2.54. The number of carbonyl (C=O) groups is 1. The van der Waals surface area contributed by atoms with E-state index >= 15 is 0 Å². The van der Waals surface area contributed by atoms with Gasteiger partial charge in [0.05, 0.1) is 26.2 Å². The number of unbranched alkanes of at least 4 members (excludes halogenated alkanes) is 4. The van der Waals surface area contributed by atoms with E-state index in [1.54, 1.807) is 0 Å². The van der Waals surface area contributed by atoms with Gasteiger partial charge in [-0.1, -0.05) is 53.4 Å². The standard InChI is InChI=1S/C16H36N.C7H15NO2/c1-5-9-13-17(14-10-6-2,15-11-7-3)16-12-8-4;1-5-8-6(9)10-7(2,3)4/h5-16H2,1-4H3;5H2,1-4H3,(H,8,9)/q+1;. The van der Waals surface area contributed by atoms with Crippen molar-refractivity contribution in [3.8, 4) is 0 Å². The molecule has 0 fully saturated rings. The maximum absolute atomic E-state index is 10.7. The van der Waals surface area contributed by atoms with Crippen LogP contribution in [0.4, 0.5) is 4.79 Å². The van der Waals surface area contributed by atoms with Gasteiger partial charge in [-0.05, 0) is 53.4 Å². The lowest BCUT2D eigenvalue weighted by Gasteiger charge is -2.39. The predicted octanol–water partition coefficient (Wildman–Crippen LogP) is 6.53. The SMILES string of the molecule is CCCC[N+](CCCC)(CCCC)CCCC.CCNC(=O)OC(C)(C)C. The lowest BCUT2D eigenvalue weighted by molar-refractivity contribution is -0.929. The van der Waals surface area contributed by atoms with E-state index in [1.165, 1.54) is 82.0 Å². The zero-order valence-corrected chi connectivity index (χ0v) is 20.0. The molecule has 0 aromatic carbocycles. The number of quaternary nitrogens is 1. The van der Waals surface area contributed by atoms with Crippen LogP contribution in [0.1, 0.15) is 107 Å². The fourth-order valence-electron chi connectivity index (χ4n) is 3.10. The number of hydrogen-bond donors (Lipinski definition) is 1. The quantitative estimate of drug-likeness (QED) is 0.365. The van der Waals surface area contributed by atoms with E-state index in [4.69, 9.17) is 4.74 Å². The maximum atomic E-state index is 10.7. The second-order valence-corrected chi connectivity index (χ2v) is 8.68. The van der Waals surface area contributed by atoms with Crippen LogP contribution in [-0.2, 0) is 4.74 Å². The first-order valence-electron chi connectivity index (χ1n) is 11.5. The summed E-state index contributed by atoms with van der Waals surface area (Å²) < 4.78 is 6.35. The zero-order valence-electron chi connectivity index (χ0n) is 20.0. The summed E-state index contributed by atoms with van der Waals surface area (Å²) in [4.78, 5) is 10.7. The Labute approximate surface area is 171 Å². The molecule has 4 heteroatoms. The third-order valence-electron chi connectivity index (χ3n) is 4.66. The average molecular weight is 388 g/mol. The number of nitrogens with one attached hydrogen (secondary N) is 1. The number of nitrogens with zero attached hydrogens (tertiary/aromatic N) is 1. The first-order valence-corrected chi connectivity index (χ1v) is 11.5. The molecular weight excluding hydrogens is 336 g/mol. The lowest BCUT2D eigenvalue weighted by atomic mass is 10.1. The molecule has 4 nitrogen and oxygen atoms in total. The Morgan fingerprint density at radius 2 is 1.07 bits per heavy atom. The Kier molecular flexibility index (Phi) is 18.3. The number of alkyl carbamates (subject to hydrolysis) is 1. The Morgan fingerprint density at radius 3 is 1.30 bits per heavy atom. The number of ether oxygens (including phenoxy) is 1. The molecule has 0 aliphatic heterocycles. The monoisotopic (exact) mass is 387 g/mol. The van der Waals surface area contributed by atoms with Gasteiger partial charge in [-0.15, -0.1) is 0 Å². The lowest BCUT2D eigenvalue weighted by Crippen LogP contribution is -2.50. The topological polar surface area (TPSA) is 38.3 Å². The van der Waals surface area contributed by atoms with Crippen LogP contribution < -0.4 is 5.32 Å². The van der Waals surface area contributed by atoms with Gasteiger partial charge >= 0.3 is 6.09 Å². The van der Waals surface area contributed by atoms with E-state index < -0.39 is 0 Å². The molecule has 0 aromatic rings. The van der Waals surface area contributed by atoms with Crippen molar-refractivity contribution >= 4 is 6.09 Å². The Bertz CT molecular complexity index is 300. The maximum Gasteiger partial charge on any atom is 0.407 e. The van der Waals surface area contributed by atoms with E-state index in [1.807, 2.05) is 27.7 Å². The van der Waals surface area contributed by atoms with Crippen molar-refractivity contribution in [3.05, 3.63) is 0 Å². The molecule has 0 aliphatic rings. The second kappa shape index (κ2) is 17.3. The number of amides is 1. The minimum atomic E-state index is -0.390. The second-order valence-electron chi connectivity index (χ2n) is 8.68. The van der Waals surface area contributed by atoms with Gasteiger partial charge in [0.1, 0.15) is 5.60 Å². The van der Waals surface area contributed by atoms with E-state index in [0.717, 1.165) is 0 Å². The minimum absolute atomic E-state index is 0.352. The van der Waals surface area contributed by atoms with Gasteiger partial charge in [0.15, 0.2) is 0 Å². The molecule has 0 heterocycles. The van der Waals surface area contributed by atoms with E-state index in [0.29, 0.717) is 6.54 Å². The van der Waals surface area contributed by atoms with Gasteiger partial charge in [0.25, 0.3) is 0 Å². The van der Waals surface area contributed by atoms with Crippen LogP contribution >= 0.6 is 0 Å². The molecule has 0 unspecified atom stereocenters. The summed E-state index contributed by atoms with van der Waals surface area (Å²) in [6.07, 6.45) is 10.7. The van der Waals surface area contributed by atoms with Crippen molar-refractivity contribution in [2.75, 3.05) is 32.7 Å². The summed E-state index contributed by atoms with van der Waals surface area (Å²) in [6.45, 7) is 23.0. The van der Waals surface area contributed by atoms with Gasteiger partial charge in [-0.3, -0.25) is 0 Å². The van der Waals surface area contributed by atoms with Crippen molar-refractivity contribution < 1.29 is 14.0 Å². The smallest absolute Gasteiger partial charge is 0.407 e. The number of hydrogen-bond acceptors (Lipinski definition) is 2. The highest BCUT2D eigenvalue weighted by molar-refractivity contribution is 5.67. The van der Waals surface area contributed by atoms with Crippen molar-refractivity contribution in [3.63, 3.8) is 0 Å². The highest BCUT2D eigenvalue weighted by atomic mass is 16.6. The molecule has 27 heavy (non-hydrogen) atoms. The Balaban J connectivity index is 0. The largest absolute Gasteiger partial charge is 0.444 e. The van der Waals surface area contributed by atoms with Crippen LogP contribution in [0.25, 0.3) is 0 Å². The van der Waals surface area contributed by atoms with Crippen LogP contribution in [0.2, 0.25) is 0 Å². The number of rotatable bonds is 13. The van der Waals surface area contributed by atoms with Crippen LogP contribution in [0.5, 0.6) is 0 Å². The first-order chi connectivity index (χ1) is 12.7. The minimum Gasteiger partial charge on any atom is -0.444 e. The summed E-state index contributed by atoms with van der Waals surface area (Å²) in [6, 6.07) is 0.